The van der Waals surface area contributed by atoms with E-state index < -0.39 is 15.8 Å². The SMILES string of the molecule is Cc1ccc(F)cc1S(=O)(=O)N(CCN1CCCC1)C1CCCNC1.Cl. The van der Waals surface area contributed by atoms with Crippen molar-refractivity contribution < 1.29 is 12.8 Å². The van der Waals surface area contributed by atoms with Gasteiger partial charge in [0.2, 0.25) is 10.0 Å². The third-order valence-corrected chi connectivity index (χ3v) is 7.34. The molecule has 2 saturated heterocycles. The second kappa shape index (κ2) is 9.46. The molecular weight excluding hydrogens is 377 g/mol. The largest absolute Gasteiger partial charge is 0.315 e. The molecule has 5 nitrogen and oxygen atoms in total. The molecule has 0 saturated carbocycles. The van der Waals surface area contributed by atoms with Crippen LogP contribution in [0.1, 0.15) is 31.2 Å². The highest BCUT2D eigenvalue weighted by atomic mass is 35.5. The van der Waals surface area contributed by atoms with E-state index in [2.05, 4.69) is 10.2 Å². The minimum Gasteiger partial charge on any atom is -0.315 e. The van der Waals surface area contributed by atoms with Gasteiger partial charge in [0.05, 0.1) is 4.90 Å². The number of sulfonamides is 1. The van der Waals surface area contributed by atoms with Crippen LogP contribution in [0.15, 0.2) is 23.1 Å². The summed E-state index contributed by atoms with van der Waals surface area (Å²) in [6.07, 6.45) is 4.17. The Balaban J connectivity index is 0.00000243. The van der Waals surface area contributed by atoms with Crippen LogP contribution in [0.25, 0.3) is 0 Å². The molecule has 1 atom stereocenters. The zero-order chi connectivity index (χ0) is 17.9. The van der Waals surface area contributed by atoms with Gasteiger partial charge < -0.3 is 10.2 Å². The normalized spacial score (nSPS) is 21.7. The lowest BCUT2D eigenvalue weighted by Crippen LogP contribution is -2.50. The van der Waals surface area contributed by atoms with Crippen molar-refractivity contribution in [1.29, 1.82) is 0 Å². The number of nitrogens with one attached hydrogen (secondary N) is 1. The van der Waals surface area contributed by atoms with E-state index in [4.69, 9.17) is 0 Å². The van der Waals surface area contributed by atoms with Crippen LogP contribution in [0.3, 0.4) is 0 Å². The molecule has 0 aliphatic carbocycles. The van der Waals surface area contributed by atoms with E-state index in [1.165, 1.54) is 18.9 Å². The van der Waals surface area contributed by atoms with Crippen LogP contribution in [-0.4, -0.2) is 62.9 Å². The number of piperidine rings is 1. The van der Waals surface area contributed by atoms with Crippen LogP contribution in [0.4, 0.5) is 4.39 Å². The van der Waals surface area contributed by atoms with Gasteiger partial charge in [-0.2, -0.15) is 4.31 Å². The summed E-state index contributed by atoms with van der Waals surface area (Å²) in [6, 6.07) is 3.94. The molecule has 2 aliphatic heterocycles. The first-order valence-electron chi connectivity index (χ1n) is 9.19. The molecule has 26 heavy (non-hydrogen) atoms. The maximum atomic E-state index is 13.7. The number of aryl methyl sites for hydroxylation is 1. The van der Waals surface area contributed by atoms with E-state index in [1.54, 1.807) is 17.3 Å². The number of likely N-dealkylation sites (tertiary alicyclic amines) is 1. The maximum absolute atomic E-state index is 13.7. The predicted octanol–water partition coefficient (Wildman–Crippen LogP) is 2.39. The first kappa shape index (κ1) is 21.6. The van der Waals surface area contributed by atoms with Gasteiger partial charge in [0, 0.05) is 25.7 Å². The fourth-order valence-electron chi connectivity index (χ4n) is 3.80. The van der Waals surface area contributed by atoms with Crippen molar-refractivity contribution in [2.75, 3.05) is 39.3 Å². The molecule has 1 aromatic rings. The molecule has 0 radical (unpaired) electrons. The van der Waals surface area contributed by atoms with E-state index >= 15 is 0 Å². The van der Waals surface area contributed by atoms with Gasteiger partial charge in [-0.1, -0.05) is 6.07 Å². The van der Waals surface area contributed by atoms with E-state index in [1.807, 2.05) is 0 Å². The van der Waals surface area contributed by atoms with Crippen LogP contribution >= 0.6 is 12.4 Å². The molecule has 0 spiro atoms. The predicted molar refractivity (Wildman–Crippen MR) is 104 cm³/mol. The number of hydrogen-bond acceptors (Lipinski definition) is 4. The van der Waals surface area contributed by atoms with Crippen molar-refractivity contribution in [2.45, 2.75) is 43.5 Å². The first-order valence-corrected chi connectivity index (χ1v) is 10.6. The lowest BCUT2D eigenvalue weighted by Gasteiger charge is -2.35. The standard InChI is InChI=1S/C18H28FN3O2S.ClH/c1-15-6-7-16(19)13-18(15)25(23,24)22(17-5-4-8-20-14-17)12-11-21-9-2-3-10-21;/h6-7,13,17,20H,2-5,8-12,14H2,1H3;1H. The highest BCUT2D eigenvalue weighted by Crippen LogP contribution is 2.25. The lowest BCUT2D eigenvalue weighted by atomic mass is 10.1. The number of nitrogens with zero attached hydrogens (tertiary/aromatic N) is 2. The zero-order valence-electron chi connectivity index (χ0n) is 15.3. The topological polar surface area (TPSA) is 52.7 Å². The third kappa shape index (κ3) is 4.95. The Bertz CT molecular complexity index is 690. The van der Waals surface area contributed by atoms with Crippen molar-refractivity contribution in [2.24, 2.45) is 0 Å². The molecule has 148 valence electrons. The van der Waals surface area contributed by atoms with Gasteiger partial charge >= 0.3 is 0 Å². The van der Waals surface area contributed by atoms with Gasteiger partial charge in [-0.25, -0.2) is 12.8 Å². The van der Waals surface area contributed by atoms with E-state index in [9.17, 15) is 12.8 Å². The molecule has 2 heterocycles. The van der Waals surface area contributed by atoms with Crippen LogP contribution in [0.5, 0.6) is 0 Å². The Morgan fingerprint density at radius 1 is 1.27 bits per heavy atom. The molecule has 2 aliphatic rings. The van der Waals surface area contributed by atoms with Gasteiger partial charge in [-0.15, -0.1) is 12.4 Å². The van der Waals surface area contributed by atoms with Crippen molar-refractivity contribution in [1.82, 2.24) is 14.5 Å². The van der Waals surface area contributed by atoms with E-state index in [0.29, 0.717) is 18.7 Å². The first-order chi connectivity index (χ1) is 12.0. The Morgan fingerprint density at radius 3 is 2.65 bits per heavy atom. The average molecular weight is 406 g/mol. The fraction of sp³-hybridized carbons (Fsp3) is 0.667. The highest BCUT2D eigenvalue weighted by molar-refractivity contribution is 7.89. The quantitative estimate of drug-likeness (QED) is 0.789. The molecule has 1 unspecified atom stereocenters. The molecule has 0 aromatic heterocycles. The molecular formula is C18H29ClFN3O2S. The summed E-state index contributed by atoms with van der Waals surface area (Å²) in [5.74, 6) is -0.509. The number of benzene rings is 1. The summed E-state index contributed by atoms with van der Waals surface area (Å²) in [5, 5.41) is 3.30. The van der Waals surface area contributed by atoms with Crippen LogP contribution in [0, 0.1) is 12.7 Å². The second-order valence-corrected chi connectivity index (χ2v) is 8.93. The van der Waals surface area contributed by atoms with Gasteiger partial charge in [0.25, 0.3) is 0 Å². The molecule has 1 N–H and O–H groups in total. The van der Waals surface area contributed by atoms with Crippen molar-refractivity contribution >= 4 is 22.4 Å². The van der Waals surface area contributed by atoms with Crippen LogP contribution < -0.4 is 5.32 Å². The summed E-state index contributed by atoms with van der Waals surface area (Å²) < 4.78 is 42.0. The summed E-state index contributed by atoms with van der Waals surface area (Å²) >= 11 is 0. The highest BCUT2D eigenvalue weighted by Gasteiger charge is 2.33. The van der Waals surface area contributed by atoms with Gasteiger partial charge in [0.15, 0.2) is 0 Å². The van der Waals surface area contributed by atoms with Crippen LogP contribution in [0.2, 0.25) is 0 Å². The molecule has 2 fully saturated rings. The molecule has 1 aromatic carbocycles. The average Bonchev–Trinajstić information content (AvgIpc) is 3.11. The summed E-state index contributed by atoms with van der Waals surface area (Å²) in [6.45, 7) is 6.59. The zero-order valence-corrected chi connectivity index (χ0v) is 16.9. The fourth-order valence-corrected chi connectivity index (χ4v) is 5.69. The van der Waals surface area contributed by atoms with E-state index in [0.717, 1.165) is 45.1 Å². The van der Waals surface area contributed by atoms with Gasteiger partial charge in [-0.3, -0.25) is 0 Å². The molecule has 3 rings (SSSR count). The summed E-state index contributed by atoms with van der Waals surface area (Å²) in [7, 11) is -3.72. The minimum atomic E-state index is -3.72. The van der Waals surface area contributed by atoms with Crippen molar-refractivity contribution in [3.63, 3.8) is 0 Å². The third-order valence-electron chi connectivity index (χ3n) is 5.25. The number of halogens is 2. The molecule has 0 bridgehead atoms. The Kier molecular flexibility index (Phi) is 7.85. The Morgan fingerprint density at radius 2 is 2.00 bits per heavy atom. The maximum Gasteiger partial charge on any atom is 0.243 e. The Hall–Kier alpha value is -0.730. The summed E-state index contributed by atoms with van der Waals surface area (Å²) in [4.78, 5) is 2.41. The summed E-state index contributed by atoms with van der Waals surface area (Å²) in [5.41, 5.74) is 0.594. The smallest absolute Gasteiger partial charge is 0.243 e. The molecule has 8 heteroatoms. The number of rotatable bonds is 6. The number of hydrogen-bond donors (Lipinski definition) is 1. The van der Waals surface area contributed by atoms with E-state index in [-0.39, 0.29) is 23.3 Å². The van der Waals surface area contributed by atoms with Gasteiger partial charge in [-0.05, 0) is 69.9 Å². The van der Waals surface area contributed by atoms with Gasteiger partial charge in [0.1, 0.15) is 5.82 Å². The second-order valence-electron chi connectivity index (χ2n) is 7.07. The lowest BCUT2D eigenvalue weighted by molar-refractivity contribution is 0.231. The molecule has 0 amide bonds. The van der Waals surface area contributed by atoms with Crippen molar-refractivity contribution in [3.8, 4) is 0 Å². The minimum absolute atomic E-state index is 0. The Labute approximate surface area is 162 Å². The van der Waals surface area contributed by atoms with Crippen LogP contribution in [-0.2, 0) is 10.0 Å². The van der Waals surface area contributed by atoms with Crippen molar-refractivity contribution in [3.05, 3.63) is 29.6 Å². The monoisotopic (exact) mass is 405 g/mol.